The third-order valence-corrected chi connectivity index (χ3v) is 9.73. The maximum absolute atomic E-state index is 15.0. The normalized spacial score (nSPS) is 21.1. The van der Waals surface area contributed by atoms with Crippen LogP contribution in [0.4, 0.5) is 23.2 Å². The zero-order chi connectivity index (χ0) is 32.0. The number of hydrogen-bond donors (Lipinski definition) is 3. The molecule has 44 heavy (non-hydrogen) atoms. The van der Waals surface area contributed by atoms with Gasteiger partial charge in [-0.05, 0) is 73.1 Å². The van der Waals surface area contributed by atoms with Crippen LogP contribution in [0, 0.1) is 23.6 Å². The van der Waals surface area contributed by atoms with E-state index in [0.29, 0.717) is 18.4 Å². The van der Waals surface area contributed by atoms with Gasteiger partial charge in [0.2, 0.25) is 11.8 Å². The molecule has 0 heterocycles. The highest BCUT2D eigenvalue weighted by Gasteiger charge is 2.52. The van der Waals surface area contributed by atoms with Gasteiger partial charge in [-0.2, -0.15) is 13.2 Å². The minimum absolute atomic E-state index is 0.00475. The standard InChI is InChI=1S/C30H27F4N3O6S/c1-43-24-14-23(31)21(15-5-7-16(8-6-15)27(35)38)13-22(24)28(39)37-26-18-10-9-17(11-18)25(26)29(40)36-19-3-2-4-20(12-19)44(41,42)30(32,33)34/h2-8,12-14,17-18,25-26H,9-11H2,1H3,(H2,35,38)(H,36,40)(H,37,39). The fourth-order valence-electron chi connectivity index (χ4n) is 6.14. The van der Waals surface area contributed by atoms with Crippen LogP contribution >= 0.6 is 0 Å². The van der Waals surface area contributed by atoms with Gasteiger partial charge in [-0.3, -0.25) is 14.4 Å². The molecule has 2 aliphatic carbocycles. The number of hydrogen-bond acceptors (Lipinski definition) is 6. The van der Waals surface area contributed by atoms with Gasteiger partial charge >= 0.3 is 5.51 Å². The molecule has 232 valence electrons. The molecule has 2 aliphatic rings. The van der Waals surface area contributed by atoms with Gasteiger partial charge in [-0.1, -0.05) is 18.2 Å². The van der Waals surface area contributed by atoms with Crippen molar-refractivity contribution in [1.82, 2.24) is 5.32 Å². The molecule has 2 saturated carbocycles. The molecule has 0 aliphatic heterocycles. The Morgan fingerprint density at radius 2 is 1.66 bits per heavy atom. The van der Waals surface area contributed by atoms with Gasteiger partial charge in [0, 0.05) is 28.9 Å². The second-order valence-corrected chi connectivity index (χ2v) is 12.7. The van der Waals surface area contributed by atoms with Crippen LogP contribution in [0.2, 0.25) is 0 Å². The Kier molecular flexibility index (Phi) is 8.14. The number of nitrogens with one attached hydrogen (secondary N) is 2. The Balaban J connectivity index is 1.39. The number of halogens is 4. The molecule has 0 saturated heterocycles. The van der Waals surface area contributed by atoms with Gasteiger partial charge in [-0.15, -0.1) is 0 Å². The quantitative estimate of drug-likeness (QED) is 0.308. The number of sulfone groups is 1. The Morgan fingerprint density at radius 1 is 0.977 bits per heavy atom. The Hall–Kier alpha value is -4.46. The number of benzene rings is 3. The number of fused-ring (bicyclic) bond motifs is 2. The van der Waals surface area contributed by atoms with Crippen molar-refractivity contribution in [1.29, 1.82) is 0 Å². The molecule has 3 amide bonds. The maximum atomic E-state index is 15.0. The minimum Gasteiger partial charge on any atom is -0.496 e. The van der Waals surface area contributed by atoms with Gasteiger partial charge < -0.3 is 21.1 Å². The van der Waals surface area contributed by atoms with Crippen molar-refractivity contribution in [3.8, 4) is 16.9 Å². The van der Waals surface area contributed by atoms with Crippen molar-refractivity contribution in [2.45, 2.75) is 35.7 Å². The first-order valence-electron chi connectivity index (χ1n) is 13.5. The average molecular weight is 634 g/mol. The molecular formula is C30H27F4N3O6S. The van der Waals surface area contributed by atoms with Crippen LogP contribution in [-0.2, 0) is 14.6 Å². The summed E-state index contributed by atoms with van der Waals surface area (Å²) < 4.78 is 83.2. The number of primary amides is 1. The van der Waals surface area contributed by atoms with E-state index in [1.165, 1.54) is 43.5 Å². The van der Waals surface area contributed by atoms with Crippen LogP contribution in [-0.4, -0.2) is 44.8 Å². The van der Waals surface area contributed by atoms with Crippen molar-refractivity contribution in [3.05, 3.63) is 77.6 Å². The summed E-state index contributed by atoms with van der Waals surface area (Å²) in [4.78, 5) is 37.4. The van der Waals surface area contributed by atoms with E-state index in [1.807, 2.05) is 0 Å². The second kappa shape index (κ2) is 11.6. The lowest BCUT2D eigenvalue weighted by Gasteiger charge is -2.31. The molecule has 2 bridgehead atoms. The lowest BCUT2D eigenvalue weighted by atomic mass is 9.83. The van der Waals surface area contributed by atoms with E-state index in [-0.39, 0.29) is 40.0 Å². The van der Waals surface area contributed by atoms with E-state index < -0.39 is 55.7 Å². The van der Waals surface area contributed by atoms with Crippen LogP contribution < -0.4 is 21.1 Å². The molecule has 3 aromatic carbocycles. The van der Waals surface area contributed by atoms with E-state index in [9.17, 15) is 36.0 Å². The van der Waals surface area contributed by atoms with E-state index >= 15 is 4.39 Å². The SMILES string of the molecule is COc1cc(F)c(-c2ccc(C(N)=O)cc2)cc1C(=O)NC1C2CCC(C2)C1C(=O)Nc1cccc(S(=O)(=O)C(F)(F)F)c1. The molecule has 2 fully saturated rings. The van der Waals surface area contributed by atoms with Crippen molar-refractivity contribution in [2.75, 3.05) is 12.4 Å². The smallest absolute Gasteiger partial charge is 0.496 e. The number of rotatable bonds is 8. The monoisotopic (exact) mass is 633 g/mol. The predicted octanol–water partition coefficient (Wildman–Crippen LogP) is 4.68. The van der Waals surface area contributed by atoms with Crippen molar-refractivity contribution >= 4 is 33.2 Å². The zero-order valence-electron chi connectivity index (χ0n) is 23.2. The summed E-state index contributed by atoms with van der Waals surface area (Å²) in [6.07, 6.45) is 2.06. The third kappa shape index (κ3) is 5.73. The van der Waals surface area contributed by atoms with E-state index in [1.54, 1.807) is 0 Å². The van der Waals surface area contributed by atoms with Crippen molar-refractivity contribution < 1.29 is 45.1 Å². The van der Waals surface area contributed by atoms with E-state index in [4.69, 9.17) is 10.5 Å². The summed E-state index contributed by atoms with van der Waals surface area (Å²) in [6.45, 7) is 0. The first-order chi connectivity index (χ1) is 20.7. The molecule has 4 N–H and O–H groups in total. The van der Waals surface area contributed by atoms with E-state index in [0.717, 1.165) is 30.7 Å². The average Bonchev–Trinajstić information content (AvgIpc) is 3.58. The number of ether oxygens (including phenoxy) is 1. The first-order valence-corrected chi connectivity index (χ1v) is 15.0. The molecule has 4 unspecified atom stereocenters. The van der Waals surface area contributed by atoms with Crippen LogP contribution in [0.3, 0.4) is 0 Å². The molecule has 3 aromatic rings. The van der Waals surface area contributed by atoms with Crippen LogP contribution in [0.5, 0.6) is 5.75 Å². The summed E-state index contributed by atoms with van der Waals surface area (Å²) in [5, 5.41) is 5.41. The van der Waals surface area contributed by atoms with Crippen molar-refractivity contribution in [2.24, 2.45) is 23.5 Å². The molecule has 0 aromatic heterocycles. The summed E-state index contributed by atoms with van der Waals surface area (Å²) in [5.41, 5.74) is 0.270. The minimum atomic E-state index is -5.63. The van der Waals surface area contributed by atoms with Gasteiger partial charge in [-0.25, -0.2) is 12.8 Å². The lowest BCUT2D eigenvalue weighted by molar-refractivity contribution is -0.122. The predicted molar refractivity (Wildman–Crippen MR) is 151 cm³/mol. The number of amides is 3. The molecular weight excluding hydrogens is 606 g/mol. The van der Waals surface area contributed by atoms with Gasteiger partial charge in [0.05, 0.1) is 23.5 Å². The second-order valence-electron chi connectivity index (χ2n) is 10.8. The Morgan fingerprint density at radius 3 is 2.30 bits per heavy atom. The number of alkyl halides is 3. The fourth-order valence-corrected chi connectivity index (χ4v) is 6.95. The first kappa shape index (κ1) is 31.0. The lowest BCUT2D eigenvalue weighted by Crippen LogP contribution is -2.48. The number of nitrogens with two attached hydrogens (primary N) is 1. The fraction of sp³-hybridized carbons (Fsp3) is 0.300. The summed E-state index contributed by atoms with van der Waals surface area (Å²) >= 11 is 0. The Labute approximate surface area is 249 Å². The van der Waals surface area contributed by atoms with Crippen LogP contribution in [0.25, 0.3) is 11.1 Å². The number of carbonyl (C=O) groups is 3. The van der Waals surface area contributed by atoms with Crippen molar-refractivity contribution in [3.63, 3.8) is 0 Å². The molecule has 5 rings (SSSR count). The van der Waals surface area contributed by atoms with Crippen LogP contribution in [0.1, 0.15) is 40.0 Å². The molecule has 0 radical (unpaired) electrons. The van der Waals surface area contributed by atoms with Gasteiger partial charge in [0.25, 0.3) is 15.7 Å². The molecule has 0 spiro atoms. The number of methoxy groups -OCH3 is 1. The topological polar surface area (TPSA) is 145 Å². The highest BCUT2D eigenvalue weighted by Crippen LogP contribution is 2.49. The maximum Gasteiger partial charge on any atom is 0.501 e. The van der Waals surface area contributed by atoms with E-state index in [2.05, 4.69) is 10.6 Å². The highest BCUT2D eigenvalue weighted by molar-refractivity contribution is 7.92. The summed E-state index contributed by atoms with van der Waals surface area (Å²) in [5.74, 6) is -3.55. The zero-order valence-corrected chi connectivity index (χ0v) is 24.0. The summed E-state index contributed by atoms with van der Waals surface area (Å²) in [6, 6.07) is 11.4. The largest absolute Gasteiger partial charge is 0.501 e. The number of anilines is 1. The third-order valence-electron chi connectivity index (χ3n) is 8.25. The van der Waals surface area contributed by atoms with Crippen LogP contribution in [0.15, 0.2) is 65.6 Å². The molecule has 4 atom stereocenters. The van der Waals surface area contributed by atoms with Gasteiger partial charge in [0.1, 0.15) is 11.6 Å². The van der Waals surface area contributed by atoms with Gasteiger partial charge in [0.15, 0.2) is 0 Å². The number of carbonyl (C=O) groups excluding carboxylic acids is 3. The molecule has 9 nitrogen and oxygen atoms in total. The summed E-state index contributed by atoms with van der Waals surface area (Å²) in [7, 11) is -4.35. The Bertz CT molecular complexity index is 1740. The molecule has 14 heteroatoms. The highest BCUT2D eigenvalue weighted by atomic mass is 32.2.